The lowest BCUT2D eigenvalue weighted by atomic mass is 9.83. The van der Waals surface area contributed by atoms with E-state index in [0.717, 1.165) is 22.3 Å². The van der Waals surface area contributed by atoms with Crippen molar-refractivity contribution in [1.29, 1.82) is 0 Å². The van der Waals surface area contributed by atoms with Crippen molar-refractivity contribution in [3.05, 3.63) is 118 Å². The van der Waals surface area contributed by atoms with E-state index in [1.165, 1.54) is 0 Å². The first-order valence-electron chi connectivity index (χ1n) is 9.29. The fraction of sp³-hybridized carbons (Fsp3) is 0.0769. The van der Waals surface area contributed by atoms with Crippen LogP contribution in [-0.2, 0) is 9.59 Å². The van der Waals surface area contributed by atoms with E-state index in [4.69, 9.17) is 0 Å². The summed E-state index contributed by atoms with van der Waals surface area (Å²) in [4.78, 5) is 25.4. The Morgan fingerprint density at radius 2 is 0.893 bits per heavy atom. The average molecular weight is 364 g/mol. The van der Waals surface area contributed by atoms with E-state index >= 15 is 0 Å². The Balaban J connectivity index is 1.94. The highest BCUT2D eigenvalue weighted by molar-refractivity contribution is 6.44. The summed E-state index contributed by atoms with van der Waals surface area (Å²) >= 11 is 0. The zero-order valence-electron chi connectivity index (χ0n) is 15.9. The molecular formula is C26H20O2. The van der Waals surface area contributed by atoms with E-state index < -0.39 is 0 Å². The molecule has 0 N–H and O–H groups in total. The standard InChI is InChI=1S/C26H20O2/c1-17-13-21(14-18(2)25(17)27)22-15-23(19-9-5-3-6-10-19)26(28)24(16-22)20-11-7-4-8-12-20/h3-16H,1-2H3. The van der Waals surface area contributed by atoms with Crippen LogP contribution in [0.15, 0.2) is 107 Å². The highest BCUT2D eigenvalue weighted by Crippen LogP contribution is 2.34. The molecule has 0 aliphatic heterocycles. The van der Waals surface area contributed by atoms with Crippen LogP contribution in [-0.4, -0.2) is 11.6 Å². The minimum absolute atomic E-state index is 0.00930. The second-order valence-electron chi connectivity index (χ2n) is 7.07. The lowest BCUT2D eigenvalue weighted by Gasteiger charge is -2.19. The fourth-order valence-electron chi connectivity index (χ4n) is 3.58. The van der Waals surface area contributed by atoms with Gasteiger partial charge in [-0.3, -0.25) is 9.59 Å². The molecule has 0 saturated heterocycles. The maximum atomic E-state index is 13.3. The van der Waals surface area contributed by atoms with Gasteiger partial charge in [-0.15, -0.1) is 0 Å². The van der Waals surface area contributed by atoms with E-state index in [1.807, 2.05) is 98.8 Å². The normalized spacial score (nSPS) is 17.1. The van der Waals surface area contributed by atoms with Crippen LogP contribution in [0.4, 0.5) is 0 Å². The molecular weight excluding hydrogens is 344 g/mol. The zero-order valence-corrected chi connectivity index (χ0v) is 15.9. The van der Waals surface area contributed by atoms with Gasteiger partial charge in [0.25, 0.3) is 0 Å². The van der Waals surface area contributed by atoms with Gasteiger partial charge >= 0.3 is 0 Å². The largest absolute Gasteiger partial charge is 0.289 e. The number of hydrogen-bond donors (Lipinski definition) is 0. The quantitative estimate of drug-likeness (QED) is 0.704. The summed E-state index contributed by atoms with van der Waals surface area (Å²) in [5.41, 5.74) is 6.41. The molecule has 2 heteroatoms. The Bertz CT molecular complexity index is 1040. The Morgan fingerprint density at radius 1 is 0.500 bits per heavy atom. The Labute approximate surface area is 164 Å². The van der Waals surface area contributed by atoms with E-state index in [0.29, 0.717) is 22.3 Å². The smallest absolute Gasteiger partial charge is 0.194 e. The van der Waals surface area contributed by atoms with E-state index in [1.54, 1.807) is 0 Å². The molecule has 0 unspecified atom stereocenters. The van der Waals surface area contributed by atoms with Crippen LogP contribution in [0.5, 0.6) is 0 Å². The first kappa shape index (κ1) is 17.9. The third-order valence-corrected chi connectivity index (χ3v) is 5.05. The molecule has 28 heavy (non-hydrogen) atoms. The van der Waals surface area contributed by atoms with Gasteiger partial charge < -0.3 is 0 Å². The van der Waals surface area contributed by atoms with Crippen molar-refractivity contribution in [3.8, 4) is 0 Å². The molecule has 2 nitrogen and oxygen atoms in total. The van der Waals surface area contributed by atoms with Gasteiger partial charge in [0.2, 0.25) is 0 Å². The zero-order chi connectivity index (χ0) is 19.7. The maximum absolute atomic E-state index is 13.3. The number of allylic oxidation sites excluding steroid dienone is 10. The van der Waals surface area contributed by atoms with Crippen molar-refractivity contribution in [3.63, 3.8) is 0 Å². The summed E-state index contributed by atoms with van der Waals surface area (Å²) < 4.78 is 0. The number of rotatable bonds is 2. The Hall–Kier alpha value is -3.52. The van der Waals surface area contributed by atoms with Crippen molar-refractivity contribution < 1.29 is 9.59 Å². The van der Waals surface area contributed by atoms with Gasteiger partial charge in [0.15, 0.2) is 11.6 Å². The average Bonchev–Trinajstić information content (AvgIpc) is 2.73. The minimum atomic E-state index is 0.00930. The second-order valence-corrected chi connectivity index (χ2v) is 7.07. The van der Waals surface area contributed by atoms with Gasteiger partial charge in [-0.05, 0) is 71.6 Å². The summed E-state index contributed by atoms with van der Waals surface area (Å²) in [5.74, 6) is 0.0748. The first-order chi connectivity index (χ1) is 13.5. The van der Waals surface area contributed by atoms with Gasteiger partial charge in [-0.25, -0.2) is 0 Å². The van der Waals surface area contributed by atoms with Crippen LogP contribution in [0.2, 0.25) is 0 Å². The molecule has 4 rings (SSSR count). The Morgan fingerprint density at radius 3 is 1.32 bits per heavy atom. The molecule has 0 fully saturated rings. The number of benzene rings is 2. The van der Waals surface area contributed by atoms with Gasteiger partial charge in [0.05, 0.1) is 0 Å². The van der Waals surface area contributed by atoms with Gasteiger partial charge in [-0.2, -0.15) is 0 Å². The predicted molar refractivity (Wildman–Crippen MR) is 113 cm³/mol. The van der Waals surface area contributed by atoms with E-state index in [2.05, 4.69) is 0 Å². The number of hydrogen-bond acceptors (Lipinski definition) is 2. The lowest BCUT2D eigenvalue weighted by molar-refractivity contribution is -0.112. The van der Waals surface area contributed by atoms with Gasteiger partial charge in [0, 0.05) is 11.1 Å². The SMILES string of the molecule is CC1=CC(=C2C=C(c3ccccc3)C(=O)C(c3ccccc3)=C2)C=C(C)C1=O. The van der Waals surface area contributed by atoms with Crippen molar-refractivity contribution in [1.82, 2.24) is 0 Å². The second kappa shape index (κ2) is 7.24. The number of ketones is 2. The fourth-order valence-corrected chi connectivity index (χ4v) is 3.58. The molecule has 0 aromatic heterocycles. The topological polar surface area (TPSA) is 34.1 Å². The molecule has 2 aliphatic carbocycles. The highest BCUT2D eigenvalue weighted by atomic mass is 16.1. The number of Topliss-reactive ketones (excluding diaryl/α,β-unsaturated/α-hetero) is 2. The molecule has 0 saturated carbocycles. The van der Waals surface area contributed by atoms with Crippen LogP contribution in [0, 0.1) is 0 Å². The molecule has 0 heterocycles. The third-order valence-electron chi connectivity index (χ3n) is 5.05. The molecule has 2 aromatic rings. The van der Waals surface area contributed by atoms with Crippen molar-refractivity contribution in [2.75, 3.05) is 0 Å². The highest BCUT2D eigenvalue weighted by Gasteiger charge is 2.24. The summed E-state index contributed by atoms with van der Waals surface area (Å²) in [7, 11) is 0. The van der Waals surface area contributed by atoms with E-state index in [9.17, 15) is 9.59 Å². The Kier molecular flexibility index (Phi) is 4.62. The molecule has 0 atom stereocenters. The maximum Gasteiger partial charge on any atom is 0.194 e. The van der Waals surface area contributed by atoms with Crippen LogP contribution in [0.3, 0.4) is 0 Å². The number of carbonyl (C=O) groups excluding carboxylic acids is 2. The number of carbonyl (C=O) groups is 2. The van der Waals surface area contributed by atoms with Crippen LogP contribution in [0.1, 0.15) is 25.0 Å². The first-order valence-corrected chi connectivity index (χ1v) is 9.29. The lowest BCUT2D eigenvalue weighted by Crippen LogP contribution is -2.11. The molecule has 2 aliphatic rings. The monoisotopic (exact) mass is 364 g/mol. The van der Waals surface area contributed by atoms with Crippen molar-refractivity contribution in [2.45, 2.75) is 13.8 Å². The van der Waals surface area contributed by atoms with Crippen LogP contribution in [0.25, 0.3) is 11.1 Å². The summed E-state index contributed by atoms with van der Waals surface area (Å²) in [6.45, 7) is 3.66. The van der Waals surface area contributed by atoms with Crippen molar-refractivity contribution in [2.24, 2.45) is 0 Å². The van der Waals surface area contributed by atoms with Gasteiger partial charge in [-0.1, -0.05) is 60.7 Å². The summed E-state index contributed by atoms with van der Waals surface area (Å²) in [6.07, 6.45) is 7.67. The molecule has 0 bridgehead atoms. The third kappa shape index (κ3) is 3.25. The summed E-state index contributed by atoms with van der Waals surface area (Å²) in [5, 5.41) is 0. The molecule has 0 radical (unpaired) electrons. The van der Waals surface area contributed by atoms with Crippen LogP contribution >= 0.6 is 0 Å². The van der Waals surface area contributed by atoms with E-state index in [-0.39, 0.29) is 11.6 Å². The van der Waals surface area contributed by atoms with Gasteiger partial charge in [0.1, 0.15) is 0 Å². The molecule has 0 spiro atoms. The predicted octanol–water partition coefficient (Wildman–Crippen LogP) is 5.51. The molecule has 2 aromatic carbocycles. The van der Waals surface area contributed by atoms with Crippen molar-refractivity contribution >= 4 is 22.7 Å². The molecule has 0 amide bonds. The molecule has 136 valence electrons. The van der Waals surface area contributed by atoms with Crippen LogP contribution < -0.4 is 0 Å². The summed E-state index contributed by atoms with van der Waals surface area (Å²) in [6, 6.07) is 19.4. The minimum Gasteiger partial charge on any atom is -0.289 e.